The summed E-state index contributed by atoms with van der Waals surface area (Å²) in [6.07, 6.45) is 5.78. The number of hydrogen-bond acceptors (Lipinski definition) is 4. The number of nitrogens with zero attached hydrogens (tertiary/aromatic N) is 2. The number of aromatic nitrogens is 2. The highest BCUT2D eigenvalue weighted by Crippen LogP contribution is 2.15. The van der Waals surface area contributed by atoms with Crippen molar-refractivity contribution in [1.82, 2.24) is 9.97 Å². The van der Waals surface area contributed by atoms with Crippen molar-refractivity contribution in [3.63, 3.8) is 0 Å². The first-order chi connectivity index (χ1) is 8.15. The molecule has 0 aromatic carbocycles. The van der Waals surface area contributed by atoms with E-state index < -0.39 is 0 Å². The maximum absolute atomic E-state index is 5.56. The molecule has 2 heterocycles. The second-order valence-electron chi connectivity index (χ2n) is 4.12. The molecular formula is C13H15N3S. The molecule has 0 atom stereocenters. The molecule has 0 bridgehead atoms. The Hall–Kier alpha value is -1.68. The lowest BCUT2D eigenvalue weighted by atomic mass is 10.1. The Morgan fingerprint density at radius 2 is 2.00 bits per heavy atom. The number of thiazole rings is 1. The van der Waals surface area contributed by atoms with E-state index in [1.165, 1.54) is 16.9 Å². The van der Waals surface area contributed by atoms with Gasteiger partial charge in [0, 0.05) is 11.6 Å². The van der Waals surface area contributed by atoms with Crippen LogP contribution in [-0.4, -0.2) is 9.97 Å². The molecule has 0 fully saturated rings. The summed E-state index contributed by atoms with van der Waals surface area (Å²) in [7, 11) is 0. The summed E-state index contributed by atoms with van der Waals surface area (Å²) in [5.41, 5.74) is 8.62. The number of hydrogen-bond donors (Lipinski definition) is 1. The van der Waals surface area contributed by atoms with Gasteiger partial charge in [-0.05, 0) is 29.7 Å². The summed E-state index contributed by atoms with van der Waals surface area (Å²) in [6, 6.07) is 4.12. The van der Waals surface area contributed by atoms with Crippen molar-refractivity contribution in [2.75, 3.05) is 5.73 Å². The highest BCUT2D eigenvalue weighted by Gasteiger charge is 1.98. The van der Waals surface area contributed by atoms with E-state index in [2.05, 4.69) is 29.9 Å². The molecule has 88 valence electrons. The van der Waals surface area contributed by atoms with Crippen LogP contribution in [0.25, 0.3) is 12.2 Å². The fraction of sp³-hybridized carbons (Fsp3) is 0.231. The molecular weight excluding hydrogens is 230 g/mol. The van der Waals surface area contributed by atoms with Gasteiger partial charge < -0.3 is 5.73 Å². The van der Waals surface area contributed by atoms with Crippen LogP contribution in [0, 0.1) is 0 Å². The van der Waals surface area contributed by atoms with Crippen LogP contribution in [0.1, 0.15) is 36.7 Å². The van der Waals surface area contributed by atoms with Gasteiger partial charge in [-0.3, -0.25) is 4.98 Å². The highest BCUT2D eigenvalue weighted by molar-refractivity contribution is 7.13. The average Bonchev–Trinajstić information content (AvgIpc) is 2.73. The van der Waals surface area contributed by atoms with E-state index in [1.807, 2.05) is 29.8 Å². The Morgan fingerprint density at radius 1 is 1.24 bits per heavy atom. The largest absolute Gasteiger partial charge is 0.375 e. The van der Waals surface area contributed by atoms with Crippen LogP contribution in [0.5, 0.6) is 0 Å². The quantitative estimate of drug-likeness (QED) is 0.901. The zero-order chi connectivity index (χ0) is 12.3. The lowest BCUT2D eigenvalue weighted by molar-refractivity contribution is 0.857. The Labute approximate surface area is 105 Å². The average molecular weight is 245 g/mol. The first-order valence-electron chi connectivity index (χ1n) is 5.50. The van der Waals surface area contributed by atoms with Gasteiger partial charge >= 0.3 is 0 Å². The fourth-order valence-corrected chi connectivity index (χ4v) is 1.94. The molecule has 2 aromatic heterocycles. The third kappa shape index (κ3) is 3.14. The van der Waals surface area contributed by atoms with Crippen molar-refractivity contribution in [1.29, 1.82) is 0 Å². The van der Waals surface area contributed by atoms with Crippen molar-refractivity contribution >= 4 is 28.6 Å². The van der Waals surface area contributed by atoms with Crippen molar-refractivity contribution in [2.24, 2.45) is 0 Å². The molecule has 0 saturated heterocycles. The number of anilines is 1. The summed E-state index contributed by atoms with van der Waals surface area (Å²) >= 11 is 1.44. The molecule has 0 saturated carbocycles. The monoisotopic (exact) mass is 245 g/mol. The van der Waals surface area contributed by atoms with Gasteiger partial charge in [-0.25, -0.2) is 4.98 Å². The summed E-state index contributed by atoms with van der Waals surface area (Å²) in [5, 5.41) is 2.52. The Bertz CT molecular complexity index is 512. The molecule has 3 nitrogen and oxygen atoms in total. The van der Waals surface area contributed by atoms with E-state index in [1.54, 1.807) is 0 Å². The predicted octanol–water partition coefficient (Wildman–Crippen LogP) is 3.41. The van der Waals surface area contributed by atoms with Gasteiger partial charge in [-0.1, -0.05) is 19.9 Å². The number of pyridine rings is 1. The third-order valence-electron chi connectivity index (χ3n) is 2.44. The topological polar surface area (TPSA) is 51.8 Å². The van der Waals surface area contributed by atoms with Crippen LogP contribution in [-0.2, 0) is 0 Å². The van der Waals surface area contributed by atoms with Gasteiger partial charge in [0.25, 0.3) is 0 Å². The smallest absolute Gasteiger partial charge is 0.180 e. The number of rotatable bonds is 3. The molecule has 0 aliphatic rings. The van der Waals surface area contributed by atoms with Crippen LogP contribution in [0.2, 0.25) is 0 Å². The molecule has 0 aliphatic heterocycles. The van der Waals surface area contributed by atoms with Crippen molar-refractivity contribution in [3.8, 4) is 0 Å². The van der Waals surface area contributed by atoms with Gasteiger partial charge in [0.2, 0.25) is 0 Å². The number of nitrogen functional groups attached to an aromatic ring is 1. The van der Waals surface area contributed by atoms with Gasteiger partial charge in [-0.2, -0.15) is 0 Å². The van der Waals surface area contributed by atoms with Crippen LogP contribution in [0.15, 0.2) is 23.7 Å². The Morgan fingerprint density at radius 3 is 2.53 bits per heavy atom. The molecule has 4 heteroatoms. The summed E-state index contributed by atoms with van der Waals surface area (Å²) in [6.45, 7) is 4.31. The van der Waals surface area contributed by atoms with Crippen molar-refractivity contribution < 1.29 is 0 Å². The van der Waals surface area contributed by atoms with Gasteiger partial charge in [0.1, 0.15) is 0 Å². The molecule has 17 heavy (non-hydrogen) atoms. The van der Waals surface area contributed by atoms with Crippen molar-refractivity contribution in [3.05, 3.63) is 40.7 Å². The Balaban J connectivity index is 2.11. The fourth-order valence-electron chi connectivity index (χ4n) is 1.40. The summed E-state index contributed by atoms with van der Waals surface area (Å²) in [4.78, 5) is 8.53. The van der Waals surface area contributed by atoms with Crippen LogP contribution in [0.4, 0.5) is 5.13 Å². The molecule has 0 radical (unpaired) electrons. The first kappa shape index (κ1) is 11.8. The zero-order valence-corrected chi connectivity index (χ0v) is 10.7. The van der Waals surface area contributed by atoms with E-state index in [0.717, 1.165) is 11.4 Å². The second-order valence-corrected chi connectivity index (χ2v) is 5.00. The molecule has 0 spiro atoms. The summed E-state index contributed by atoms with van der Waals surface area (Å²) in [5.74, 6) is 0.513. The van der Waals surface area contributed by atoms with E-state index in [9.17, 15) is 0 Å². The maximum Gasteiger partial charge on any atom is 0.180 e. The van der Waals surface area contributed by atoms with Crippen LogP contribution in [0.3, 0.4) is 0 Å². The SMILES string of the molecule is CC(C)c1ccc(/C=C/c2csc(N)n2)nc1. The van der Waals surface area contributed by atoms with Crippen LogP contribution < -0.4 is 5.73 Å². The zero-order valence-electron chi connectivity index (χ0n) is 9.92. The molecule has 0 amide bonds. The van der Waals surface area contributed by atoms with Crippen molar-refractivity contribution in [2.45, 2.75) is 19.8 Å². The van der Waals surface area contributed by atoms with Gasteiger partial charge in [0.15, 0.2) is 5.13 Å². The minimum atomic E-state index is 0.513. The normalized spacial score (nSPS) is 11.5. The minimum absolute atomic E-state index is 0.513. The first-order valence-corrected chi connectivity index (χ1v) is 6.38. The molecule has 0 unspecified atom stereocenters. The summed E-state index contributed by atoms with van der Waals surface area (Å²) < 4.78 is 0. The molecule has 2 aromatic rings. The number of nitrogens with two attached hydrogens (primary N) is 1. The molecule has 0 aliphatic carbocycles. The lowest BCUT2D eigenvalue weighted by Gasteiger charge is -2.03. The molecule has 2 rings (SSSR count). The van der Waals surface area contributed by atoms with Crippen LogP contribution >= 0.6 is 11.3 Å². The van der Waals surface area contributed by atoms with Gasteiger partial charge in [0.05, 0.1) is 11.4 Å². The van der Waals surface area contributed by atoms with E-state index >= 15 is 0 Å². The highest BCUT2D eigenvalue weighted by atomic mass is 32.1. The lowest BCUT2D eigenvalue weighted by Crippen LogP contribution is -1.89. The third-order valence-corrected chi connectivity index (χ3v) is 3.13. The predicted molar refractivity (Wildman–Crippen MR) is 73.8 cm³/mol. The van der Waals surface area contributed by atoms with E-state index in [4.69, 9.17) is 5.73 Å². The van der Waals surface area contributed by atoms with E-state index in [0.29, 0.717) is 11.0 Å². The standard InChI is InChI=1S/C13H15N3S/c1-9(2)10-3-4-11(15-7-10)5-6-12-8-17-13(14)16-12/h3-9H,1-2H3,(H2,14,16)/b6-5+. The Kier molecular flexibility index (Phi) is 3.54. The molecule has 2 N–H and O–H groups in total. The van der Waals surface area contributed by atoms with E-state index in [-0.39, 0.29) is 0 Å². The minimum Gasteiger partial charge on any atom is -0.375 e. The second kappa shape index (κ2) is 5.10. The maximum atomic E-state index is 5.56. The van der Waals surface area contributed by atoms with Gasteiger partial charge in [-0.15, -0.1) is 11.3 Å².